The number of para-hydroxylation sites is 1. The molecule has 1 unspecified atom stereocenters. The molecule has 3 heterocycles. The van der Waals surface area contributed by atoms with E-state index in [1.807, 2.05) is 4.98 Å². The molecular formula is C17H18FN2O9P. The molecular weight excluding hydrogens is 426 g/mol. The Kier molecular flexibility index (Phi) is 5.51. The minimum absolute atomic E-state index is 0.0352. The predicted molar refractivity (Wildman–Crippen MR) is 97.8 cm³/mol. The van der Waals surface area contributed by atoms with Crippen molar-refractivity contribution in [2.75, 3.05) is 13.7 Å². The maximum atomic E-state index is 13.5. The van der Waals surface area contributed by atoms with Crippen LogP contribution in [0.5, 0.6) is 11.5 Å². The number of methoxy groups -OCH3 is 1. The number of aliphatic hydroxyl groups excluding tert-OH is 1. The van der Waals surface area contributed by atoms with Crippen LogP contribution < -0.4 is 20.5 Å². The lowest BCUT2D eigenvalue weighted by Crippen LogP contribution is -2.34. The standard InChI is InChI=1S/C17H18FN2O9P/c1-25-12-4-2-3-9-7-26-30(24,29-15(9)12)27-8-13-11(21)5-14(28-13)20-6-10(18)16(22)19-17(20)23/h2-4,6,11,13-14,21H,5,7-8H2,1H3,(H,19,22,23)/t11-,13+,14+,30?/m0/s1. The van der Waals surface area contributed by atoms with Crippen molar-refractivity contribution in [1.82, 2.24) is 9.55 Å². The second kappa shape index (κ2) is 7.97. The molecule has 0 aliphatic carbocycles. The van der Waals surface area contributed by atoms with E-state index in [1.54, 1.807) is 18.2 Å². The van der Waals surface area contributed by atoms with Crippen LogP contribution in [0.15, 0.2) is 34.0 Å². The number of hydrogen-bond acceptors (Lipinski definition) is 9. The molecule has 1 saturated heterocycles. The summed E-state index contributed by atoms with van der Waals surface area (Å²) in [6.07, 6.45) is -2.56. The van der Waals surface area contributed by atoms with Crippen LogP contribution in [-0.2, 0) is 25.0 Å². The molecule has 0 saturated carbocycles. The van der Waals surface area contributed by atoms with Gasteiger partial charge in [0.05, 0.1) is 32.6 Å². The summed E-state index contributed by atoms with van der Waals surface area (Å²) >= 11 is 0. The Bertz CT molecular complexity index is 1100. The number of phosphoric acid groups is 1. The van der Waals surface area contributed by atoms with Gasteiger partial charge in [0.2, 0.25) is 5.82 Å². The summed E-state index contributed by atoms with van der Waals surface area (Å²) in [5, 5.41) is 10.2. The molecule has 4 rings (SSSR count). The summed E-state index contributed by atoms with van der Waals surface area (Å²) in [4.78, 5) is 24.8. The number of nitrogens with one attached hydrogen (secondary N) is 1. The molecule has 4 atom stereocenters. The fourth-order valence-corrected chi connectivity index (χ4v) is 4.40. The van der Waals surface area contributed by atoms with Gasteiger partial charge in [0.25, 0.3) is 5.56 Å². The number of halogens is 1. The Hall–Kier alpha value is -2.50. The first-order valence-electron chi connectivity index (χ1n) is 8.89. The molecule has 13 heteroatoms. The van der Waals surface area contributed by atoms with Gasteiger partial charge in [0, 0.05) is 12.0 Å². The average Bonchev–Trinajstić information content (AvgIpc) is 3.09. The first-order valence-corrected chi connectivity index (χ1v) is 10.3. The molecule has 30 heavy (non-hydrogen) atoms. The van der Waals surface area contributed by atoms with Gasteiger partial charge in [0.15, 0.2) is 11.5 Å². The van der Waals surface area contributed by atoms with Gasteiger partial charge in [0.1, 0.15) is 12.3 Å². The molecule has 2 aromatic rings. The van der Waals surface area contributed by atoms with Crippen LogP contribution in [0.1, 0.15) is 18.2 Å². The minimum atomic E-state index is -4.03. The number of hydrogen-bond donors (Lipinski definition) is 2. The van der Waals surface area contributed by atoms with Crippen LogP contribution in [0.25, 0.3) is 0 Å². The summed E-state index contributed by atoms with van der Waals surface area (Å²) in [5.74, 6) is -0.583. The molecule has 0 amide bonds. The summed E-state index contributed by atoms with van der Waals surface area (Å²) in [5.41, 5.74) is -1.42. The molecule has 0 spiro atoms. The number of aliphatic hydroxyl groups is 1. The van der Waals surface area contributed by atoms with Crippen LogP contribution in [-0.4, -0.2) is 40.6 Å². The number of benzene rings is 1. The van der Waals surface area contributed by atoms with Gasteiger partial charge < -0.3 is 19.1 Å². The van der Waals surface area contributed by atoms with E-state index < -0.39 is 43.3 Å². The Morgan fingerprint density at radius 2 is 2.20 bits per heavy atom. The first kappa shape index (κ1) is 20.8. The normalized spacial score (nSPS) is 28.0. The Morgan fingerprint density at radius 3 is 2.97 bits per heavy atom. The van der Waals surface area contributed by atoms with E-state index in [0.717, 1.165) is 4.57 Å². The van der Waals surface area contributed by atoms with Crippen LogP contribution in [0.2, 0.25) is 0 Å². The van der Waals surface area contributed by atoms with Gasteiger partial charge in [-0.25, -0.2) is 9.36 Å². The number of phosphoric ester groups is 1. The number of aromatic nitrogens is 2. The zero-order chi connectivity index (χ0) is 21.5. The highest BCUT2D eigenvalue weighted by Gasteiger charge is 2.41. The smallest absolute Gasteiger partial charge is 0.493 e. The lowest BCUT2D eigenvalue weighted by Gasteiger charge is -2.27. The van der Waals surface area contributed by atoms with Gasteiger partial charge in [-0.05, 0) is 6.07 Å². The van der Waals surface area contributed by atoms with Gasteiger partial charge in [-0.15, -0.1) is 0 Å². The van der Waals surface area contributed by atoms with Gasteiger partial charge in [-0.1, -0.05) is 12.1 Å². The van der Waals surface area contributed by atoms with Gasteiger partial charge >= 0.3 is 13.5 Å². The second-order valence-corrected chi connectivity index (χ2v) is 8.23. The minimum Gasteiger partial charge on any atom is -0.493 e. The van der Waals surface area contributed by atoms with Crippen molar-refractivity contribution in [1.29, 1.82) is 0 Å². The predicted octanol–water partition coefficient (Wildman–Crippen LogP) is 1.07. The summed E-state index contributed by atoms with van der Waals surface area (Å²) in [6.45, 7) is -0.424. The number of aromatic amines is 1. The molecule has 1 aromatic heterocycles. The van der Waals surface area contributed by atoms with Crippen LogP contribution in [0, 0.1) is 5.82 Å². The van der Waals surface area contributed by atoms with Crippen molar-refractivity contribution >= 4 is 7.82 Å². The van der Waals surface area contributed by atoms with Crippen LogP contribution in [0.4, 0.5) is 4.39 Å². The third kappa shape index (κ3) is 3.92. The summed E-state index contributed by atoms with van der Waals surface area (Å²) < 4.78 is 53.8. The van der Waals surface area contributed by atoms with E-state index in [1.165, 1.54) is 7.11 Å². The fourth-order valence-electron chi connectivity index (χ4n) is 3.16. The summed E-state index contributed by atoms with van der Waals surface area (Å²) in [6, 6.07) is 5.08. The molecule has 2 aliphatic rings. The van der Waals surface area contributed by atoms with E-state index in [2.05, 4.69) is 0 Å². The maximum absolute atomic E-state index is 13.5. The number of nitrogens with zero attached hydrogens (tertiary/aromatic N) is 1. The average molecular weight is 444 g/mol. The van der Waals surface area contributed by atoms with E-state index in [0.29, 0.717) is 17.5 Å². The molecule has 0 bridgehead atoms. The third-order valence-corrected chi connectivity index (χ3v) is 6.01. The Labute approximate surface area is 168 Å². The van der Waals surface area contributed by atoms with E-state index in [-0.39, 0.29) is 25.4 Å². The zero-order valence-electron chi connectivity index (χ0n) is 15.6. The quantitative estimate of drug-likeness (QED) is 0.649. The maximum Gasteiger partial charge on any atom is 0.530 e. The molecule has 1 fully saturated rings. The van der Waals surface area contributed by atoms with E-state index in [9.17, 15) is 23.7 Å². The van der Waals surface area contributed by atoms with Crippen molar-refractivity contribution in [2.24, 2.45) is 0 Å². The van der Waals surface area contributed by atoms with Crippen LogP contribution in [0.3, 0.4) is 0 Å². The molecule has 0 radical (unpaired) electrons. The Morgan fingerprint density at radius 1 is 1.40 bits per heavy atom. The molecule has 2 N–H and O–H groups in total. The largest absolute Gasteiger partial charge is 0.530 e. The van der Waals surface area contributed by atoms with E-state index in [4.69, 9.17) is 23.0 Å². The van der Waals surface area contributed by atoms with Crippen molar-refractivity contribution in [3.05, 3.63) is 56.6 Å². The van der Waals surface area contributed by atoms with Crippen LogP contribution >= 0.6 is 7.82 Å². The highest BCUT2D eigenvalue weighted by molar-refractivity contribution is 7.49. The van der Waals surface area contributed by atoms with Crippen molar-refractivity contribution in [3.8, 4) is 11.5 Å². The monoisotopic (exact) mass is 444 g/mol. The summed E-state index contributed by atoms with van der Waals surface area (Å²) in [7, 11) is -2.59. The zero-order valence-corrected chi connectivity index (χ0v) is 16.5. The third-order valence-electron chi connectivity index (χ3n) is 4.70. The second-order valence-electron chi connectivity index (χ2n) is 6.63. The first-order chi connectivity index (χ1) is 14.3. The van der Waals surface area contributed by atoms with Gasteiger partial charge in [-0.3, -0.25) is 23.4 Å². The van der Waals surface area contributed by atoms with Crippen molar-refractivity contribution in [3.63, 3.8) is 0 Å². The molecule has 11 nitrogen and oxygen atoms in total. The number of fused-ring (bicyclic) bond motifs is 1. The molecule has 2 aliphatic heterocycles. The lowest BCUT2D eigenvalue weighted by molar-refractivity contribution is -0.0471. The number of ether oxygens (including phenoxy) is 2. The topological polar surface area (TPSA) is 138 Å². The van der Waals surface area contributed by atoms with E-state index >= 15 is 0 Å². The number of H-pyrrole nitrogens is 1. The molecule has 162 valence electrons. The highest BCUT2D eigenvalue weighted by Crippen LogP contribution is 2.57. The molecule has 1 aromatic carbocycles. The SMILES string of the molecule is COc1cccc2c1OP(=O)(OC[C@H]1O[C@@H](n3cc(F)c(=O)[nH]c3=O)C[C@@H]1O)OC2. The van der Waals surface area contributed by atoms with Gasteiger partial charge in [-0.2, -0.15) is 4.39 Å². The lowest BCUT2D eigenvalue weighted by atomic mass is 10.2. The Balaban J connectivity index is 1.44. The number of rotatable bonds is 5. The van der Waals surface area contributed by atoms with Crippen molar-refractivity contribution < 1.29 is 37.1 Å². The van der Waals surface area contributed by atoms with Crippen molar-refractivity contribution in [2.45, 2.75) is 31.5 Å². The fraction of sp³-hybridized carbons (Fsp3) is 0.412. The highest BCUT2D eigenvalue weighted by atomic mass is 31.2.